The molecule has 0 aliphatic rings. The number of anilines is 1. The molecule has 2 N–H and O–H groups in total. The molecule has 1 amide bonds. The summed E-state index contributed by atoms with van der Waals surface area (Å²) in [6.07, 6.45) is 0. The first kappa shape index (κ1) is 14.9. The molecule has 3 nitrogen and oxygen atoms in total. The van der Waals surface area contributed by atoms with E-state index in [-0.39, 0.29) is 12.2 Å². The molecule has 0 unspecified atom stereocenters. The van der Waals surface area contributed by atoms with Gasteiger partial charge in [0.2, 0.25) is 0 Å². The first-order valence-electron chi connectivity index (χ1n) is 6.13. The van der Waals surface area contributed by atoms with Gasteiger partial charge in [-0.15, -0.1) is 0 Å². The average Bonchev–Trinajstić information content (AvgIpc) is 2.45. The zero-order chi connectivity index (χ0) is 15.6. The van der Waals surface area contributed by atoms with Gasteiger partial charge in [0.15, 0.2) is 5.82 Å². The fourth-order valence-electron chi connectivity index (χ4n) is 1.89. The van der Waals surface area contributed by atoms with E-state index in [9.17, 15) is 18.0 Å². The van der Waals surface area contributed by atoms with Crippen molar-refractivity contribution >= 4 is 11.6 Å². The molecule has 0 aromatic heterocycles. The van der Waals surface area contributed by atoms with E-state index < -0.39 is 28.9 Å². The Morgan fingerprint density at radius 2 is 1.71 bits per heavy atom. The number of carbonyl (C=O) groups is 1. The molecule has 21 heavy (non-hydrogen) atoms. The Bertz CT molecular complexity index is 671. The Hall–Kier alpha value is -2.50. The zero-order valence-corrected chi connectivity index (χ0v) is 11.2. The highest BCUT2D eigenvalue weighted by Gasteiger charge is 2.22. The normalized spacial score (nSPS) is 10.5. The summed E-state index contributed by atoms with van der Waals surface area (Å²) in [7, 11) is 1.40. The van der Waals surface area contributed by atoms with Crippen LogP contribution in [0.3, 0.4) is 0 Å². The molecule has 0 aliphatic carbocycles. The highest BCUT2D eigenvalue weighted by atomic mass is 19.1. The maximum Gasteiger partial charge on any atom is 0.259 e. The lowest BCUT2D eigenvalue weighted by Gasteiger charge is -2.18. The summed E-state index contributed by atoms with van der Waals surface area (Å²) in [4.78, 5) is 13.3. The van der Waals surface area contributed by atoms with Crippen LogP contribution in [0.1, 0.15) is 15.9 Å². The van der Waals surface area contributed by atoms with E-state index in [1.54, 1.807) is 0 Å². The van der Waals surface area contributed by atoms with Crippen LogP contribution in [0.15, 0.2) is 36.4 Å². The number of nitrogen functional groups attached to an aromatic ring is 1. The molecular weight excluding hydrogens is 281 g/mol. The average molecular weight is 294 g/mol. The van der Waals surface area contributed by atoms with Crippen LogP contribution in [0.2, 0.25) is 0 Å². The van der Waals surface area contributed by atoms with Crippen molar-refractivity contribution in [2.24, 2.45) is 0 Å². The highest BCUT2D eigenvalue weighted by molar-refractivity contribution is 5.95. The summed E-state index contributed by atoms with van der Waals surface area (Å²) < 4.78 is 40.2. The van der Waals surface area contributed by atoms with Gasteiger partial charge < -0.3 is 10.6 Å². The van der Waals surface area contributed by atoms with Crippen LogP contribution < -0.4 is 5.73 Å². The first-order valence-corrected chi connectivity index (χ1v) is 6.13. The number of amides is 1. The summed E-state index contributed by atoms with van der Waals surface area (Å²) in [5.41, 5.74) is 4.99. The molecule has 0 fully saturated rings. The second-order valence-corrected chi connectivity index (χ2v) is 4.61. The van der Waals surface area contributed by atoms with Crippen molar-refractivity contribution in [1.29, 1.82) is 0 Å². The van der Waals surface area contributed by atoms with E-state index in [1.807, 2.05) is 0 Å². The van der Waals surface area contributed by atoms with Crippen LogP contribution >= 0.6 is 0 Å². The van der Waals surface area contributed by atoms with Crippen LogP contribution in [-0.2, 0) is 6.54 Å². The molecule has 0 saturated carbocycles. The number of nitrogens with two attached hydrogens (primary N) is 1. The lowest BCUT2D eigenvalue weighted by atomic mass is 10.1. The van der Waals surface area contributed by atoms with Gasteiger partial charge in [0, 0.05) is 13.6 Å². The van der Waals surface area contributed by atoms with Gasteiger partial charge in [-0.3, -0.25) is 4.79 Å². The number of hydrogen-bond donors (Lipinski definition) is 1. The summed E-state index contributed by atoms with van der Waals surface area (Å²) in [6.45, 7) is 0.0901. The molecule has 2 rings (SSSR count). The fraction of sp³-hybridized carbons (Fsp3) is 0.133. The third-order valence-corrected chi connectivity index (χ3v) is 3.01. The van der Waals surface area contributed by atoms with Gasteiger partial charge in [0.05, 0.1) is 5.69 Å². The number of carbonyl (C=O) groups excluding carboxylic acids is 1. The summed E-state index contributed by atoms with van der Waals surface area (Å²) >= 11 is 0. The van der Waals surface area contributed by atoms with Gasteiger partial charge in [0.1, 0.15) is 17.2 Å². The molecule has 0 bridgehead atoms. The number of benzene rings is 2. The lowest BCUT2D eigenvalue weighted by molar-refractivity contribution is 0.0775. The molecule has 2 aromatic rings. The Balaban J connectivity index is 2.24. The van der Waals surface area contributed by atoms with E-state index >= 15 is 0 Å². The summed E-state index contributed by atoms with van der Waals surface area (Å²) in [6, 6.07) is 7.47. The topological polar surface area (TPSA) is 46.3 Å². The molecule has 0 spiro atoms. The highest BCUT2D eigenvalue weighted by Crippen LogP contribution is 2.20. The predicted octanol–water partition coefficient (Wildman–Crippen LogP) is 2.96. The minimum Gasteiger partial charge on any atom is -0.396 e. The van der Waals surface area contributed by atoms with Crippen LogP contribution in [0, 0.1) is 17.5 Å². The molecule has 110 valence electrons. The molecule has 0 saturated heterocycles. The molecule has 0 aliphatic heterocycles. The molecular formula is C15H13F3N2O. The maximum absolute atomic E-state index is 13.8. The number of halogens is 3. The van der Waals surface area contributed by atoms with Gasteiger partial charge in [-0.2, -0.15) is 0 Å². The Labute approximate surface area is 119 Å². The van der Waals surface area contributed by atoms with Crippen LogP contribution in [0.5, 0.6) is 0 Å². The second kappa shape index (κ2) is 5.87. The Morgan fingerprint density at radius 3 is 2.33 bits per heavy atom. The molecule has 0 atom stereocenters. The van der Waals surface area contributed by atoms with Crippen molar-refractivity contribution < 1.29 is 18.0 Å². The van der Waals surface area contributed by atoms with Crippen LogP contribution in [-0.4, -0.2) is 17.9 Å². The van der Waals surface area contributed by atoms with E-state index in [2.05, 4.69) is 0 Å². The monoisotopic (exact) mass is 294 g/mol. The van der Waals surface area contributed by atoms with Gasteiger partial charge in [-0.25, -0.2) is 13.2 Å². The van der Waals surface area contributed by atoms with Gasteiger partial charge in [0.25, 0.3) is 5.91 Å². The van der Waals surface area contributed by atoms with Crippen molar-refractivity contribution in [3.8, 4) is 0 Å². The standard InChI is InChI=1S/C15H13F3N2O/c1-20(8-9-2-4-10(16)5-3-9)15(21)13-11(17)6-7-12(19)14(13)18/h2-7H,8,19H2,1H3. The number of hydrogen-bond acceptors (Lipinski definition) is 2. The SMILES string of the molecule is CN(Cc1ccc(F)cc1)C(=O)c1c(F)ccc(N)c1F. The number of nitrogens with zero attached hydrogens (tertiary/aromatic N) is 1. The van der Waals surface area contributed by atoms with E-state index in [1.165, 1.54) is 31.3 Å². The summed E-state index contributed by atoms with van der Waals surface area (Å²) in [5, 5.41) is 0. The third kappa shape index (κ3) is 3.16. The van der Waals surface area contributed by atoms with Gasteiger partial charge in [-0.05, 0) is 29.8 Å². The Kier molecular flexibility index (Phi) is 4.16. The second-order valence-electron chi connectivity index (χ2n) is 4.61. The van der Waals surface area contributed by atoms with Crippen LogP contribution in [0.4, 0.5) is 18.9 Å². The van der Waals surface area contributed by atoms with Crippen molar-refractivity contribution in [3.05, 3.63) is 65.0 Å². The zero-order valence-electron chi connectivity index (χ0n) is 11.2. The largest absolute Gasteiger partial charge is 0.396 e. The van der Waals surface area contributed by atoms with Crippen molar-refractivity contribution in [1.82, 2.24) is 4.90 Å². The lowest BCUT2D eigenvalue weighted by Crippen LogP contribution is -2.28. The smallest absolute Gasteiger partial charge is 0.259 e. The van der Waals surface area contributed by atoms with E-state index in [0.29, 0.717) is 5.56 Å². The van der Waals surface area contributed by atoms with E-state index in [0.717, 1.165) is 17.0 Å². The quantitative estimate of drug-likeness (QED) is 0.885. The summed E-state index contributed by atoms with van der Waals surface area (Å²) in [5.74, 6) is -3.29. The number of rotatable bonds is 3. The predicted molar refractivity (Wildman–Crippen MR) is 73.0 cm³/mol. The maximum atomic E-state index is 13.8. The third-order valence-electron chi connectivity index (χ3n) is 3.01. The van der Waals surface area contributed by atoms with Gasteiger partial charge >= 0.3 is 0 Å². The Morgan fingerprint density at radius 1 is 1.10 bits per heavy atom. The molecule has 6 heteroatoms. The van der Waals surface area contributed by atoms with Crippen LogP contribution in [0.25, 0.3) is 0 Å². The first-order chi connectivity index (χ1) is 9.90. The minimum absolute atomic E-state index is 0.0901. The molecule has 2 aromatic carbocycles. The van der Waals surface area contributed by atoms with Crippen molar-refractivity contribution in [2.75, 3.05) is 12.8 Å². The minimum atomic E-state index is -1.08. The fourth-order valence-corrected chi connectivity index (χ4v) is 1.89. The van der Waals surface area contributed by atoms with Gasteiger partial charge in [-0.1, -0.05) is 12.1 Å². The van der Waals surface area contributed by atoms with Crippen molar-refractivity contribution in [2.45, 2.75) is 6.54 Å². The van der Waals surface area contributed by atoms with Crippen molar-refractivity contribution in [3.63, 3.8) is 0 Å². The van der Waals surface area contributed by atoms with E-state index in [4.69, 9.17) is 5.73 Å². The molecule has 0 heterocycles. The molecule has 0 radical (unpaired) electrons.